The van der Waals surface area contributed by atoms with E-state index < -0.39 is 24.1 Å². The molecule has 0 aromatic rings. The zero-order valence-electron chi connectivity index (χ0n) is 12.5. The highest BCUT2D eigenvalue weighted by Gasteiger charge is 2.25. The van der Waals surface area contributed by atoms with Gasteiger partial charge in [0.2, 0.25) is 0 Å². The molecule has 0 unspecified atom stereocenters. The van der Waals surface area contributed by atoms with Crippen molar-refractivity contribution in [1.82, 2.24) is 10.6 Å². The number of rotatable bonds is 2. The van der Waals surface area contributed by atoms with Gasteiger partial charge in [0.1, 0.15) is 0 Å². The quantitative estimate of drug-likeness (QED) is 0.530. The molecular formula is C12H24Cl2N2O6. The highest BCUT2D eigenvalue weighted by Crippen LogP contribution is 2.02. The second-order valence-corrected chi connectivity index (χ2v) is 4.86. The van der Waals surface area contributed by atoms with Gasteiger partial charge in [0.05, 0.1) is 12.2 Å². The summed E-state index contributed by atoms with van der Waals surface area (Å²) in [5.74, 6) is -1.78. The molecule has 2 rings (SSSR count). The molecule has 2 fully saturated rings. The van der Waals surface area contributed by atoms with Gasteiger partial charge < -0.3 is 30.3 Å². The third-order valence-corrected chi connectivity index (χ3v) is 2.87. The third-order valence-electron chi connectivity index (χ3n) is 2.87. The summed E-state index contributed by atoms with van der Waals surface area (Å²) in [6.45, 7) is 6.01. The topological polar surface area (TPSA) is 117 Å². The Labute approximate surface area is 141 Å². The molecule has 0 aliphatic carbocycles. The average Bonchev–Trinajstić information content (AvgIpc) is 2.39. The zero-order chi connectivity index (χ0) is 15.1. The molecule has 8 nitrogen and oxygen atoms in total. The van der Waals surface area contributed by atoms with Crippen LogP contribution in [0.2, 0.25) is 0 Å². The number of nitrogens with one attached hydrogen (secondary N) is 2. The molecule has 2 aliphatic heterocycles. The number of halogens is 2. The smallest absolute Gasteiger partial charge is 0.334 e. The molecule has 132 valence electrons. The molecule has 0 radical (unpaired) electrons. The van der Waals surface area contributed by atoms with E-state index in [0.717, 1.165) is 13.1 Å². The van der Waals surface area contributed by atoms with Crippen molar-refractivity contribution in [3.63, 3.8) is 0 Å². The largest absolute Gasteiger partial charge is 0.479 e. The van der Waals surface area contributed by atoms with E-state index in [9.17, 15) is 9.59 Å². The van der Waals surface area contributed by atoms with Crippen molar-refractivity contribution in [2.24, 2.45) is 0 Å². The van der Waals surface area contributed by atoms with Crippen molar-refractivity contribution in [3.05, 3.63) is 0 Å². The fourth-order valence-electron chi connectivity index (χ4n) is 1.88. The molecule has 2 heterocycles. The van der Waals surface area contributed by atoms with E-state index in [4.69, 9.17) is 19.7 Å². The number of carboxylic acid groups (broad SMARTS) is 2. The normalized spacial score (nSPS) is 30.6. The van der Waals surface area contributed by atoms with Crippen LogP contribution in [-0.2, 0) is 19.1 Å². The Morgan fingerprint density at radius 3 is 1.32 bits per heavy atom. The SMILES string of the molecule is C[C@@H]1CNC[C@H](C(=O)O)O1.C[C@H]1CNC[C@@H](C(=O)O)O1.Cl.Cl. The first-order valence-electron chi connectivity index (χ1n) is 6.58. The van der Waals surface area contributed by atoms with Gasteiger partial charge in [0.25, 0.3) is 0 Å². The van der Waals surface area contributed by atoms with Gasteiger partial charge in [-0.05, 0) is 13.8 Å². The summed E-state index contributed by atoms with van der Waals surface area (Å²) in [6.07, 6.45) is -1.31. The molecular weight excluding hydrogens is 339 g/mol. The predicted molar refractivity (Wildman–Crippen MR) is 84.2 cm³/mol. The molecule has 2 saturated heterocycles. The molecule has 0 amide bonds. The van der Waals surface area contributed by atoms with Crippen molar-refractivity contribution in [1.29, 1.82) is 0 Å². The van der Waals surface area contributed by atoms with Gasteiger partial charge in [-0.1, -0.05) is 0 Å². The van der Waals surface area contributed by atoms with Crippen LogP contribution < -0.4 is 10.6 Å². The van der Waals surface area contributed by atoms with Crippen LogP contribution in [0.5, 0.6) is 0 Å². The molecule has 4 atom stereocenters. The molecule has 10 heteroatoms. The van der Waals surface area contributed by atoms with Crippen molar-refractivity contribution in [2.45, 2.75) is 38.3 Å². The number of hydrogen-bond donors (Lipinski definition) is 4. The highest BCUT2D eigenvalue weighted by atomic mass is 35.5. The lowest BCUT2D eigenvalue weighted by Gasteiger charge is -2.25. The maximum Gasteiger partial charge on any atom is 0.334 e. The summed E-state index contributed by atoms with van der Waals surface area (Å²) in [7, 11) is 0. The Balaban J connectivity index is 0. The van der Waals surface area contributed by atoms with Crippen LogP contribution in [0, 0.1) is 0 Å². The summed E-state index contributed by atoms with van der Waals surface area (Å²) in [5.41, 5.74) is 0. The van der Waals surface area contributed by atoms with E-state index >= 15 is 0 Å². The van der Waals surface area contributed by atoms with E-state index in [1.807, 2.05) is 13.8 Å². The minimum atomic E-state index is -0.890. The number of ether oxygens (including phenoxy) is 2. The molecule has 0 aromatic carbocycles. The molecule has 22 heavy (non-hydrogen) atoms. The van der Waals surface area contributed by atoms with Crippen molar-refractivity contribution in [3.8, 4) is 0 Å². The van der Waals surface area contributed by atoms with Gasteiger partial charge in [0, 0.05) is 26.2 Å². The van der Waals surface area contributed by atoms with Gasteiger partial charge in [0.15, 0.2) is 12.2 Å². The van der Waals surface area contributed by atoms with Gasteiger partial charge in [-0.25, -0.2) is 9.59 Å². The van der Waals surface area contributed by atoms with Crippen LogP contribution >= 0.6 is 24.8 Å². The average molecular weight is 363 g/mol. The van der Waals surface area contributed by atoms with Crippen LogP contribution in [0.15, 0.2) is 0 Å². The maximum atomic E-state index is 10.3. The van der Waals surface area contributed by atoms with E-state index in [2.05, 4.69) is 10.6 Å². The van der Waals surface area contributed by atoms with Crippen LogP contribution in [0.3, 0.4) is 0 Å². The molecule has 0 bridgehead atoms. The first kappa shape index (κ1) is 23.6. The van der Waals surface area contributed by atoms with Crippen LogP contribution in [0.1, 0.15) is 13.8 Å². The van der Waals surface area contributed by atoms with E-state index in [1.54, 1.807) is 0 Å². The first-order valence-corrected chi connectivity index (χ1v) is 6.58. The lowest BCUT2D eigenvalue weighted by Crippen LogP contribution is -2.46. The van der Waals surface area contributed by atoms with E-state index in [-0.39, 0.29) is 37.0 Å². The predicted octanol–water partition coefficient (Wildman–Crippen LogP) is -0.261. The number of morpholine rings is 2. The lowest BCUT2D eigenvalue weighted by atomic mass is 10.2. The molecule has 2 aliphatic rings. The van der Waals surface area contributed by atoms with Crippen molar-refractivity contribution >= 4 is 36.8 Å². The van der Waals surface area contributed by atoms with Crippen LogP contribution in [0.4, 0.5) is 0 Å². The molecule has 0 saturated carbocycles. The van der Waals surface area contributed by atoms with Crippen LogP contribution in [0.25, 0.3) is 0 Å². The Kier molecular flexibility index (Phi) is 12.7. The van der Waals surface area contributed by atoms with Crippen LogP contribution in [-0.4, -0.2) is 72.7 Å². The third kappa shape index (κ3) is 8.72. The summed E-state index contributed by atoms with van der Waals surface area (Å²) in [5, 5.41) is 22.9. The second kappa shape index (κ2) is 11.9. The van der Waals surface area contributed by atoms with E-state index in [1.165, 1.54) is 0 Å². The fourth-order valence-corrected chi connectivity index (χ4v) is 1.88. The van der Waals surface area contributed by atoms with Crippen molar-refractivity contribution < 1.29 is 29.3 Å². The summed E-state index contributed by atoms with van der Waals surface area (Å²) in [4.78, 5) is 20.7. The Hall–Kier alpha value is -0.640. The Morgan fingerprint density at radius 1 is 0.818 bits per heavy atom. The zero-order valence-corrected chi connectivity index (χ0v) is 14.1. The number of carbonyl (C=O) groups is 2. The Morgan fingerprint density at radius 2 is 1.14 bits per heavy atom. The standard InChI is InChI=1S/2C6H11NO3.2ClH/c2*1-4-2-7-3-5(10-4)6(8)9;;/h2*4-5,7H,2-3H2,1H3,(H,8,9);2*1H/t2*4-,5-;;/m10../s1. The summed E-state index contributed by atoms with van der Waals surface area (Å²) in [6, 6.07) is 0. The summed E-state index contributed by atoms with van der Waals surface area (Å²) >= 11 is 0. The number of aliphatic carboxylic acids is 2. The molecule has 4 N–H and O–H groups in total. The van der Waals surface area contributed by atoms with Gasteiger partial charge in [-0.3, -0.25) is 0 Å². The number of hydrogen-bond acceptors (Lipinski definition) is 6. The lowest BCUT2D eigenvalue weighted by molar-refractivity contribution is -0.156. The maximum absolute atomic E-state index is 10.3. The molecule has 0 spiro atoms. The monoisotopic (exact) mass is 362 g/mol. The Bertz CT molecular complexity index is 316. The van der Waals surface area contributed by atoms with Crippen molar-refractivity contribution in [2.75, 3.05) is 26.2 Å². The summed E-state index contributed by atoms with van der Waals surface area (Å²) < 4.78 is 10.2. The fraction of sp³-hybridized carbons (Fsp3) is 0.833. The number of carboxylic acids is 2. The second-order valence-electron chi connectivity index (χ2n) is 4.86. The molecule has 0 aromatic heterocycles. The minimum Gasteiger partial charge on any atom is -0.479 e. The van der Waals surface area contributed by atoms with E-state index in [0.29, 0.717) is 13.1 Å². The van der Waals surface area contributed by atoms with Gasteiger partial charge in [-0.15, -0.1) is 24.8 Å². The first-order chi connectivity index (χ1) is 9.40. The minimum absolute atomic E-state index is 0. The highest BCUT2D eigenvalue weighted by molar-refractivity contribution is 5.85. The van der Waals surface area contributed by atoms with Gasteiger partial charge in [-0.2, -0.15) is 0 Å². The van der Waals surface area contributed by atoms with Gasteiger partial charge >= 0.3 is 11.9 Å².